The average Bonchev–Trinajstić information content (AvgIpc) is 3.11. The molecule has 0 aliphatic carbocycles. The van der Waals surface area contributed by atoms with E-state index in [-0.39, 0.29) is 36.4 Å². The number of likely N-dealkylation sites (N-methyl/N-ethyl adjacent to an activating group) is 1. The standard InChI is InChI=1S/C40H46N2O8/c1-25-37(23-42(4)22-36(46)34-9-6-10-35(45)20-34)49-40(50-38(25)31-13-11-28(24-43)12-14-31)32-17-15-30(16-18-32)33-8-5-7-29(19-33)21-41-39(47)26(2)48-27(3)44/h5-20,25-26,36-38,40,43,45-46H,21-24H2,1-4H3,(H,41,47)/t25-,26+,36-,37+,38+,40+/m1/s1. The van der Waals surface area contributed by atoms with Gasteiger partial charge in [0.05, 0.1) is 24.9 Å². The zero-order valence-corrected chi connectivity index (χ0v) is 28.9. The van der Waals surface area contributed by atoms with Gasteiger partial charge >= 0.3 is 5.97 Å². The van der Waals surface area contributed by atoms with E-state index in [1.807, 2.05) is 84.7 Å². The van der Waals surface area contributed by atoms with Crippen molar-refractivity contribution < 1.29 is 39.1 Å². The number of phenols is 1. The van der Waals surface area contributed by atoms with Gasteiger partial charge in [-0.25, -0.2) is 0 Å². The van der Waals surface area contributed by atoms with Crippen LogP contribution in [-0.4, -0.2) is 64.4 Å². The number of rotatable bonds is 13. The third-order valence-corrected chi connectivity index (χ3v) is 8.98. The van der Waals surface area contributed by atoms with Crippen molar-refractivity contribution in [2.75, 3.05) is 20.1 Å². The first-order chi connectivity index (χ1) is 24.0. The summed E-state index contributed by atoms with van der Waals surface area (Å²) in [7, 11) is 1.94. The highest BCUT2D eigenvalue weighted by Crippen LogP contribution is 2.42. The van der Waals surface area contributed by atoms with Gasteiger partial charge in [0.15, 0.2) is 12.4 Å². The number of aromatic hydroxyl groups is 1. The van der Waals surface area contributed by atoms with E-state index in [0.717, 1.165) is 33.4 Å². The predicted molar refractivity (Wildman–Crippen MR) is 188 cm³/mol. The summed E-state index contributed by atoms with van der Waals surface area (Å²) in [4.78, 5) is 25.5. The summed E-state index contributed by atoms with van der Waals surface area (Å²) in [6.45, 7) is 6.03. The zero-order valence-electron chi connectivity index (χ0n) is 28.9. The van der Waals surface area contributed by atoms with Crippen molar-refractivity contribution in [3.63, 3.8) is 0 Å². The summed E-state index contributed by atoms with van der Waals surface area (Å²) in [5.41, 5.74) is 6.16. The number of carbonyl (C=O) groups excluding carboxylic acids is 2. The van der Waals surface area contributed by atoms with Crippen LogP contribution in [-0.2, 0) is 37.0 Å². The van der Waals surface area contributed by atoms with Crippen LogP contribution < -0.4 is 5.32 Å². The summed E-state index contributed by atoms with van der Waals surface area (Å²) in [6, 6.07) is 30.3. The number of ether oxygens (including phenoxy) is 3. The normalized spacial score (nSPS) is 20.2. The Morgan fingerprint density at radius 3 is 2.28 bits per heavy atom. The van der Waals surface area contributed by atoms with E-state index >= 15 is 0 Å². The maximum absolute atomic E-state index is 12.3. The van der Waals surface area contributed by atoms with Gasteiger partial charge in [-0.05, 0) is 65.6 Å². The first kappa shape index (κ1) is 36.7. The summed E-state index contributed by atoms with van der Waals surface area (Å²) in [6.07, 6.45) is -2.84. The van der Waals surface area contributed by atoms with E-state index in [1.54, 1.807) is 24.3 Å². The number of hydrogen-bond acceptors (Lipinski definition) is 9. The van der Waals surface area contributed by atoms with Crippen molar-refractivity contribution >= 4 is 11.9 Å². The first-order valence-corrected chi connectivity index (χ1v) is 16.8. The SMILES string of the molecule is CC(=O)O[C@@H](C)C(=O)NCc1cccc(-c2ccc([C@H]3O[C@@H](CN(C)C[C@@H](O)c4cccc(O)c4)[C@@H](C)[C@@H](c4ccc(CO)cc4)O3)cc2)c1. The molecule has 0 aromatic heterocycles. The van der Waals surface area contributed by atoms with Gasteiger partial charge in [-0.3, -0.25) is 9.59 Å². The fraction of sp³-hybridized carbons (Fsp3) is 0.350. The lowest BCUT2D eigenvalue weighted by atomic mass is 9.90. The molecule has 1 fully saturated rings. The lowest BCUT2D eigenvalue weighted by molar-refractivity contribution is -0.276. The van der Waals surface area contributed by atoms with E-state index in [2.05, 4.69) is 12.2 Å². The molecule has 6 atom stereocenters. The molecule has 50 heavy (non-hydrogen) atoms. The van der Waals surface area contributed by atoms with Gasteiger partial charge in [-0.2, -0.15) is 0 Å². The van der Waals surface area contributed by atoms with Crippen LogP contribution in [0.15, 0.2) is 97.1 Å². The molecular formula is C40H46N2O8. The van der Waals surface area contributed by atoms with Crippen molar-refractivity contribution in [2.45, 2.75) is 64.6 Å². The summed E-state index contributed by atoms with van der Waals surface area (Å²) >= 11 is 0. The van der Waals surface area contributed by atoms with Crippen LogP contribution in [0.1, 0.15) is 67.1 Å². The highest BCUT2D eigenvalue weighted by atomic mass is 16.7. The quantitative estimate of drug-likeness (QED) is 0.133. The van der Waals surface area contributed by atoms with Crippen LogP contribution in [0.5, 0.6) is 5.75 Å². The van der Waals surface area contributed by atoms with Crippen molar-refractivity contribution in [3.05, 3.63) is 125 Å². The number of nitrogens with zero attached hydrogens (tertiary/aromatic N) is 1. The Bertz CT molecular complexity index is 1730. The predicted octanol–water partition coefficient (Wildman–Crippen LogP) is 5.58. The van der Waals surface area contributed by atoms with E-state index in [0.29, 0.717) is 25.2 Å². The first-order valence-electron chi connectivity index (χ1n) is 16.8. The lowest BCUT2D eigenvalue weighted by Crippen LogP contribution is -2.44. The molecule has 0 unspecified atom stereocenters. The molecule has 4 aromatic carbocycles. The molecule has 10 nitrogen and oxygen atoms in total. The average molecular weight is 683 g/mol. The molecule has 1 heterocycles. The number of amides is 1. The summed E-state index contributed by atoms with van der Waals surface area (Å²) in [5.74, 6) is -0.797. The molecule has 0 radical (unpaired) electrons. The van der Waals surface area contributed by atoms with Gasteiger partial charge in [-0.1, -0.05) is 85.8 Å². The molecule has 10 heteroatoms. The molecule has 1 aliphatic heterocycles. The second-order valence-electron chi connectivity index (χ2n) is 12.9. The van der Waals surface area contributed by atoms with E-state index in [4.69, 9.17) is 14.2 Å². The fourth-order valence-electron chi connectivity index (χ4n) is 6.17. The lowest BCUT2D eigenvalue weighted by Gasteiger charge is -2.42. The molecule has 1 aliphatic rings. The van der Waals surface area contributed by atoms with E-state index in [1.165, 1.54) is 13.8 Å². The van der Waals surface area contributed by atoms with Crippen LogP contribution in [0.2, 0.25) is 0 Å². The monoisotopic (exact) mass is 682 g/mol. The number of aliphatic hydroxyl groups is 2. The summed E-state index contributed by atoms with van der Waals surface area (Å²) < 4.78 is 18.2. The van der Waals surface area contributed by atoms with Crippen molar-refractivity contribution in [1.82, 2.24) is 10.2 Å². The number of carbonyl (C=O) groups is 2. The van der Waals surface area contributed by atoms with Crippen LogP contribution in [0.25, 0.3) is 11.1 Å². The number of phenolic OH excluding ortho intramolecular Hbond substituents is 1. The van der Waals surface area contributed by atoms with E-state index in [9.17, 15) is 24.9 Å². The third kappa shape index (κ3) is 9.56. The van der Waals surface area contributed by atoms with Crippen LogP contribution in [0.3, 0.4) is 0 Å². The van der Waals surface area contributed by atoms with Crippen molar-refractivity contribution in [1.29, 1.82) is 0 Å². The Morgan fingerprint density at radius 2 is 1.60 bits per heavy atom. The maximum atomic E-state index is 12.3. The number of benzene rings is 4. The van der Waals surface area contributed by atoms with Gasteiger partial charge in [0.1, 0.15) is 5.75 Å². The Kier molecular flexibility index (Phi) is 12.4. The smallest absolute Gasteiger partial charge is 0.303 e. The molecule has 0 spiro atoms. The van der Waals surface area contributed by atoms with E-state index < -0.39 is 24.5 Å². The molecule has 1 amide bonds. The highest BCUT2D eigenvalue weighted by Gasteiger charge is 2.39. The topological polar surface area (TPSA) is 138 Å². The van der Waals surface area contributed by atoms with Gasteiger partial charge in [0, 0.05) is 38.0 Å². The Morgan fingerprint density at radius 1 is 0.900 bits per heavy atom. The largest absolute Gasteiger partial charge is 0.508 e. The second-order valence-corrected chi connectivity index (χ2v) is 12.9. The Labute approximate surface area is 293 Å². The van der Waals surface area contributed by atoms with Crippen molar-refractivity contribution in [3.8, 4) is 16.9 Å². The van der Waals surface area contributed by atoms with Gasteiger partial charge < -0.3 is 39.7 Å². The maximum Gasteiger partial charge on any atom is 0.303 e. The molecule has 0 bridgehead atoms. The third-order valence-electron chi connectivity index (χ3n) is 8.98. The van der Waals surface area contributed by atoms with Crippen molar-refractivity contribution in [2.24, 2.45) is 5.92 Å². The number of aliphatic hydroxyl groups excluding tert-OH is 2. The van der Waals surface area contributed by atoms with Gasteiger partial charge in [-0.15, -0.1) is 0 Å². The number of nitrogens with one attached hydrogen (secondary N) is 1. The minimum atomic E-state index is -0.869. The van der Waals surface area contributed by atoms with Crippen LogP contribution in [0.4, 0.5) is 0 Å². The molecular weight excluding hydrogens is 636 g/mol. The van der Waals surface area contributed by atoms with Crippen LogP contribution in [0, 0.1) is 5.92 Å². The summed E-state index contributed by atoms with van der Waals surface area (Å²) in [5, 5.41) is 33.2. The fourth-order valence-corrected chi connectivity index (χ4v) is 6.17. The van der Waals surface area contributed by atoms with Gasteiger partial charge in [0.25, 0.3) is 5.91 Å². The minimum Gasteiger partial charge on any atom is -0.508 e. The Balaban J connectivity index is 1.31. The Hall–Kier alpha value is -4.58. The molecule has 264 valence electrons. The number of hydrogen-bond donors (Lipinski definition) is 4. The molecule has 4 N–H and O–H groups in total. The second kappa shape index (κ2) is 16.9. The zero-order chi connectivity index (χ0) is 35.8. The molecule has 0 saturated carbocycles. The molecule has 5 rings (SSSR count). The van der Waals surface area contributed by atoms with Crippen LogP contribution >= 0.6 is 0 Å². The highest BCUT2D eigenvalue weighted by molar-refractivity contribution is 5.82. The van der Waals surface area contributed by atoms with Gasteiger partial charge in [0.2, 0.25) is 0 Å². The number of esters is 1. The molecule has 1 saturated heterocycles. The molecule has 4 aromatic rings. The minimum absolute atomic E-state index is 0.0360.